The molecular weight excluding hydrogens is 612 g/mol. The summed E-state index contributed by atoms with van der Waals surface area (Å²) in [6, 6.07) is 14.8. The van der Waals surface area contributed by atoms with Crippen LogP contribution in [0.25, 0.3) is 0 Å². The van der Waals surface area contributed by atoms with Gasteiger partial charge in [-0.25, -0.2) is 9.78 Å². The molecule has 2 heterocycles. The van der Waals surface area contributed by atoms with Crippen molar-refractivity contribution in [1.82, 2.24) is 25.5 Å². The maximum Gasteiger partial charge on any atom is 0.317 e. The van der Waals surface area contributed by atoms with Crippen molar-refractivity contribution in [2.24, 2.45) is 0 Å². The molecule has 3 aromatic rings. The molecule has 0 atom stereocenters. The molecule has 242 valence electrons. The number of nitrogens with one attached hydrogen (secondary N) is 4. The lowest BCUT2D eigenvalue weighted by atomic mass is 10.1. The van der Waals surface area contributed by atoms with E-state index < -0.39 is 0 Å². The summed E-state index contributed by atoms with van der Waals surface area (Å²) < 4.78 is 10.3. The monoisotopic (exact) mass is 648 g/mol. The molecule has 4 N–H and O–H groups in total. The molecule has 46 heavy (non-hydrogen) atoms. The number of benzene rings is 2. The summed E-state index contributed by atoms with van der Waals surface area (Å²) >= 11 is 6.35. The quantitative estimate of drug-likeness (QED) is 0.143. The molecule has 1 aliphatic rings. The molecule has 0 saturated carbocycles. The SMILES string of the molecule is C#CCOCC(=O)COCCCNC(=O)N1CCN(c2ccc(Nc3ncc(Cl)c(Nc4ccccc4C(=O)NC)n3)cc2)CC1. The minimum atomic E-state index is -0.232. The summed E-state index contributed by atoms with van der Waals surface area (Å²) in [5.41, 5.74) is 2.84. The molecule has 3 amide bonds. The van der Waals surface area contributed by atoms with E-state index in [0.29, 0.717) is 73.8 Å². The third-order valence-electron chi connectivity index (χ3n) is 6.90. The van der Waals surface area contributed by atoms with Gasteiger partial charge < -0.3 is 40.5 Å². The zero-order valence-corrected chi connectivity index (χ0v) is 26.3. The van der Waals surface area contributed by atoms with Gasteiger partial charge in [-0.3, -0.25) is 9.59 Å². The van der Waals surface area contributed by atoms with Crippen LogP contribution < -0.4 is 26.2 Å². The number of amides is 3. The molecule has 1 aromatic heterocycles. The zero-order valence-electron chi connectivity index (χ0n) is 25.6. The van der Waals surface area contributed by atoms with Crippen molar-refractivity contribution < 1.29 is 23.9 Å². The van der Waals surface area contributed by atoms with Gasteiger partial charge in [0.2, 0.25) is 5.95 Å². The number of ether oxygens (including phenoxy) is 2. The number of carbonyl (C=O) groups excluding carboxylic acids is 3. The second kappa shape index (κ2) is 17.6. The Morgan fingerprint density at radius 3 is 2.48 bits per heavy atom. The minimum absolute atomic E-state index is 0.0399. The van der Waals surface area contributed by atoms with Crippen LogP contribution in [-0.4, -0.2) is 98.8 Å². The first kappa shape index (κ1) is 34.0. The van der Waals surface area contributed by atoms with Crippen LogP contribution >= 0.6 is 11.6 Å². The van der Waals surface area contributed by atoms with E-state index in [0.717, 1.165) is 11.4 Å². The fourth-order valence-electron chi connectivity index (χ4n) is 4.55. The first-order chi connectivity index (χ1) is 22.4. The molecule has 0 spiro atoms. The van der Waals surface area contributed by atoms with Crippen molar-refractivity contribution in [2.45, 2.75) is 6.42 Å². The van der Waals surface area contributed by atoms with E-state index in [-0.39, 0.29) is 37.5 Å². The number of rotatable bonds is 15. The fourth-order valence-corrected chi connectivity index (χ4v) is 4.69. The Kier molecular flexibility index (Phi) is 13.0. The minimum Gasteiger partial charge on any atom is -0.374 e. The van der Waals surface area contributed by atoms with Gasteiger partial charge in [0.15, 0.2) is 11.6 Å². The first-order valence-electron chi connectivity index (χ1n) is 14.7. The molecule has 14 heteroatoms. The maximum atomic E-state index is 12.6. The van der Waals surface area contributed by atoms with Gasteiger partial charge in [-0.05, 0) is 42.8 Å². The number of carbonyl (C=O) groups is 3. The number of halogens is 1. The topological polar surface area (TPSA) is 150 Å². The lowest BCUT2D eigenvalue weighted by Crippen LogP contribution is -2.52. The normalized spacial score (nSPS) is 12.6. The average Bonchev–Trinajstić information content (AvgIpc) is 3.08. The predicted molar refractivity (Wildman–Crippen MR) is 177 cm³/mol. The standard InChI is InChI=1S/C32H37ClN8O5/c1-3-18-45-21-25(42)22-46-19-6-13-35-32(44)41-16-14-40(15-17-41)24-11-9-23(10-12-24)37-31-36-20-27(33)29(39-31)38-28-8-5-4-7-26(28)30(43)34-2/h1,4-5,7-12,20H,6,13-19,21-22H2,2H3,(H,34,43)(H,35,44)(H2,36,37,38,39). The average molecular weight is 649 g/mol. The van der Waals surface area contributed by atoms with Crippen LogP contribution in [0.2, 0.25) is 5.02 Å². The second-order valence-corrected chi connectivity index (χ2v) is 10.6. The Morgan fingerprint density at radius 2 is 1.74 bits per heavy atom. The van der Waals surface area contributed by atoms with Crippen LogP contribution in [0.1, 0.15) is 16.8 Å². The molecule has 2 aromatic carbocycles. The number of terminal acetylenes is 1. The molecule has 1 saturated heterocycles. The van der Waals surface area contributed by atoms with Gasteiger partial charge >= 0.3 is 6.03 Å². The molecule has 0 bridgehead atoms. The lowest BCUT2D eigenvalue weighted by Gasteiger charge is -2.36. The summed E-state index contributed by atoms with van der Waals surface area (Å²) in [5, 5.41) is 12.2. The van der Waals surface area contributed by atoms with Gasteiger partial charge in [0, 0.05) is 57.8 Å². The van der Waals surface area contributed by atoms with Crippen molar-refractivity contribution in [2.75, 3.05) is 81.7 Å². The Morgan fingerprint density at radius 1 is 1.00 bits per heavy atom. The summed E-state index contributed by atoms with van der Waals surface area (Å²) in [7, 11) is 1.57. The molecule has 1 aliphatic heterocycles. The Hall–Kier alpha value is -4.90. The Balaban J connectivity index is 1.20. The van der Waals surface area contributed by atoms with Gasteiger partial charge in [-0.15, -0.1) is 6.42 Å². The molecule has 4 rings (SSSR count). The largest absolute Gasteiger partial charge is 0.374 e. The highest BCUT2D eigenvalue weighted by Gasteiger charge is 2.21. The van der Waals surface area contributed by atoms with Crippen molar-refractivity contribution in [3.63, 3.8) is 0 Å². The number of piperazine rings is 1. The van der Waals surface area contributed by atoms with E-state index in [2.05, 4.69) is 42.1 Å². The van der Waals surface area contributed by atoms with E-state index in [9.17, 15) is 14.4 Å². The third kappa shape index (κ3) is 10.1. The van der Waals surface area contributed by atoms with Crippen LogP contribution in [0.3, 0.4) is 0 Å². The molecule has 0 radical (unpaired) electrons. The highest BCUT2D eigenvalue weighted by molar-refractivity contribution is 6.33. The summed E-state index contributed by atoms with van der Waals surface area (Å²) in [5.74, 6) is 2.58. The van der Waals surface area contributed by atoms with E-state index in [4.69, 9.17) is 27.5 Å². The van der Waals surface area contributed by atoms with Gasteiger partial charge in [-0.1, -0.05) is 29.7 Å². The van der Waals surface area contributed by atoms with Gasteiger partial charge in [0.25, 0.3) is 5.91 Å². The van der Waals surface area contributed by atoms with Crippen molar-refractivity contribution in [1.29, 1.82) is 0 Å². The smallest absolute Gasteiger partial charge is 0.317 e. The van der Waals surface area contributed by atoms with Crippen molar-refractivity contribution in [3.8, 4) is 12.3 Å². The summed E-state index contributed by atoms with van der Waals surface area (Å²) in [6.45, 7) is 3.37. The Bertz CT molecular complexity index is 1520. The second-order valence-electron chi connectivity index (χ2n) is 10.2. The van der Waals surface area contributed by atoms with Crippen LogP contribution in [0.4, 0.5) is 33.6 Å². The number of urea groups is 1. The predicted octanol–water partition coefficient (Wildman–Crippen LogP) is 3.43. The van der Waals surface area contributed by atoms with E-state index in [1.165, 1.54) is 6.20 Å². The lowest BCUT2D eigenvalue weighted by molar-refractivity contribution is -0.127. The molecule has 13 nitrogen and oxygen atoms in total. The van der Waals surface area contributed by atoms with Crippen molar-refractivity contribution >= 4 is 58.2 Å². The number of hydrogen-bond acceptors (Lipinski definition) is 10. The van der Waals surface area contributed by atoms with E-state index in [1.54, 1.807) is 30.1 Å². The van der Waals surface area contributed by atoms with E-state index >= 15 is 0 Å². The number of aromatic nitrogens is 2. The molecular formula is C32H37ClN8O5. The van der Waals surface area contributed by atoms with E-state index in [1.807, 2.05) is 30.3 Å². The van der Waals surface area contributed by atoms with Crippen LogP contribution in [-0.2, 0) is 14.3 Å². The molecule has 0 unspecified atom stereocenters. The number of nitrogens with zero attached hydrogens (tertiary/aromatic N) is 4. The fraction of sp³-hybridized carbons (Fsp3) is 0.344. The van der Waals surface area contributed by atoms with Crippen molar-refractivity contribution in [3.05, 3.63) is 65.3 Å². The van der Waals surface area contributed by atoms with Crippen LogP contribution in [0, 0.1) is 12.3 Å². The number of ketones is 1. The number of para-hydroxylation sites is 1. The van der Waals surface area contributed by atoms with Crippen LogP contribution in [0.5, 0.6) is 0 Å². The zero-order chi connectivity index (χ0) is 32.7. The third-order valence-corrected chi connectivity index (χ3v) is 7.18. The summed E-state index contributed by atoms with van der Waals surface area (Å²) in [6.07, 6.45) is 7.15. The highest BCUT2D eigenvalue weighted by Crippen LogP contribution is 2.27. The molecule has 0 aliphatic carbocycles. The maximum absolute atomic E-state index is 12.6. The Labute approximate surface area is 273 Å². The van der Waals surface area contributed by atoms with Gasteiger partial charge in [0.1, 0.15) is 24.8 Å². The number of Topliss-reactive ketones (excluding diaryl/α,β-unsaturated/α-hetero) is 1. The number of anilines is 5. The van der Waals surface area contributed by atoms with Gasteiger partial charge in [-0.2, -0.15) is 4.98 Å². The summed E-state index contributed by atoms with van der Waals surface area (Å²) in [4.78, 5) is 49.2. The van der Waals surface area contributed by atoms with Crippen LogP contribution in [0.15, 0.2) is 54.7 Å². The number of hydrogen-bond donors (Lipinski definition) is 4. The highest BCUT2D eigenvalue weighted by atomic mass is 35.5. The van der Waals surface area contributed by atoms with Gasteiger partial charge in [0.05, 0.1) is 17.4 Å². The first-order valence-corrected chi connectivity index (χ1v) is 15.1. The molecule has 1 fully saturated rings.